The van der Waals surface area contributed by atoms with Gasteiger partial charge < -0.3 is 24.4 Å². The summed E-state index contributed by atoms with van der Waals surface area (Å²) in [5, 5.41) is 9.27. The van der Waals surface area contributed by atoms with Crippen LogP contribution in [0.3, 0.4) is 0 Å². The van der Waals surface area contributed by atoms with Crippen LogP contribution in [0.5, 0.6) is 0 Å². The maximum Gasteiger partial charge on any atom is 0.313 e. The molecular weight excluding hydrogens is 496 g/mol. The van der Waals surface area contributed by atoms with Gasteiger partial charge in [-0.15, -0.1) is 0 Å². The molecule has 0 saturated carbocycles. The molecule has 39 heavy (non-hydrogen) atoms. The normalized spacial score (nSPS) is 33.3. The Morgan fingerprint density at radius 3 is 2.49 bits per heavy atom. The number of aryl methyl sites for hydroxylation is 2. The Balaban J connectivity index is 1.62. The molecule has 4 aliphatic rings. The van der Waals surface area contributed by atoms with E-state index in [0.717, 1.165) is 42.5 Å². The third kappa shape index (κ3) is 4.61. The first-order valence-electron chi connectivity index (χ1n) is 14.3. The second-order valence-electron chi connectivity index (χ2n) is 11.5. The zero-order chi connectivity index (χ0) is 27.8. The average Bonchev–Trinajstić information content (AvgIpc) is 3.22. The number of anilines is 1. The van der Waals surface area contributed by atoms with Crippen molar-refractivity contribution < 1.29 is 29.0 Å². The molecule has 4 aliphatic heterocycles. The number of aliphatic hydroxyl groups is 1. The van der Waals surface area contributed by atoms with Crippen LogP contribution in [-0.4, -0.2) is 71.3 Å². The number of para-hydroxylation sites is 1. The zero-order valence-corrected chi connectivity index (χ0v) is 23.2. The summed E-state index contributed by atoms with van der Waals surface area (Å²) in [5.74, 6) is -2.65. The van der Waals surface area contributed by atoms with Gasteiger partial charge in [0.05, 0.1) is 18.1 Å². The van der Waals surface area contributed by atoms with Crippen LogP contribution in [-0.2, 0) is 23.9 Å². The quantitative estimate of drug-likeness (QED) is 0.339. The van der Waals surface area contributed by atoms with E-state index in [2.05, 4.69) is 0 Å². The molecule has 2 saturated heterocycles. The van der Waals surface area contributed by atoms with Crippen molar-refractivity contribution in [3.63, 3.8) is 0 Å². The topological polar surface area (TPSA) is 96.4 Å². The number of fused-ring (bicyclic) bond motifs is 2. The van der Waals surface area contributed by atoms with E-state index >= 15 is 0 Å². The number of amides is 2. The highest BCUT2D eigenvalue weighted by molar-refractivity contribution is 6.06. The standard InChI is InChI=1S/C31H40N2O6/c1-21-13-11-14-22(2)25(21)32-18-12-16-31-23(27(35)33(26(31)28(32)36)17-8-6-9-19-34)24-29(37)38-20-10-5-4-7-15-30(24,3)39-31/h7,11-16,23-24,26,34H,4-6,8-10,17-20H2,1-3H3/b15-7-/t23-,24+,26?,30-,31-/m0/s1. The van der Waals surface area contributed by atoms with Crippen molar-refractivity contribution in [3.8, 4) is 0 Å². The van der Waals surface area contributed by atoms with Crippen molar-refractivity contribution in [1.82, 2.24) is 4.90 Å². The van der Waals surface area contributed by atoms with Crippen LogP contribution in [0.15, 0.2) is 42.5 Å². The Kier molecular flexibility index (Phi) is 7.71. The molecule has 2 amide bonds. The van der Waals surface area contributed by atoms with Gasteiger partial charge in [0, 0.05) is 25.4 Å². The minimum absolute atomic E-state index is 0.0770. The van der Waals surface area contributed by atoms with E-state index in [1.54, 1.807) is 9.80 Å². The van der Waals surface area contributed by atoms with Crippen molar-refractivity contribution in [3.05, 3.63) is 53.6 Å². The van der Waals surface area contributed by atoms with Crippen LogP contribution in [0, 0.1) is 25.7 Å². The molecule has 0 bridgehead atoms. The fraction of sp³-hybridized carbons (Fsp3) is 0.581. The van der Waals surface area contributed by atoms with Gasteiger partial charge in [0.25, 0.3) is 5.91 Å². The molecule has 0 radical (unpaired) electrons. The highest BCUT2D eigenvalue weighted by atomic mass is 16.6. The Morgan fingerprint density at radius 1 is 0.974 bits per heavy atom. The first-order valence-corrected chi connectivity index (χ1v) is 14.3. The summed E-state index contributed by atoms with van der Waals surface area (Å²) in [5.41, 5.74) is 0.399. The van der Waals surface area contributed by atoms with Crippen molar-refractivity contribution in [2.75, 3.05) is 31.2 Å². The number of carbonyl (C=O) groups excluding carboxylic acids is 3. The molecule has 0 aliphatic carbocycles. The largest absolute Gasteiger partial charge is 0.465 e. The fourth-order valence-corrected chi connectivity index (χ4v) is 7.04. The predicted octanol–water partition coefficient (Wildman–Crippen LogP) is 3.62. The number of cyclic esters (lactones) is 1. The number of allylic oxidation sites excluding steroid dienone is 1. The lowest BCUT2D eigenvalue weighted by molar-refractivity contribution is -0.158. The van der Waals surface area contributed by atoms with Gasteiger partial charge >= 0.3 is 5.97 Å². The van der Waals surface area contributed by atoms with Crippen LogP contribution in [0.1, 0.15) is 56.6 Å². The first kappa shape index (κ1) is 27.6. The van der Waals surface area contributed by atoms with Crippen molar-refractivity contribution in [1.29, 1.82) is 0 Å². The number of unbranched alkanes of at least 4 members (excludes halogenated alkanes) is 2. The van der Waals surface area contributed by atoms with E-state index in [1.807, 2.05) is 63.3 Å². The van der Waals surface area contributed by atoms with E-state index in [0.29, 0.717) is 32.5 Å². The van der Waals surface area contributed by atoms with E-state index in [-0.39, 0.29) is 18.4 Å². The molecule has 8 heteroatoms. The molecule has 1 unspecified atom stereocenters. The Hall–Kier alpha value is -2.97. The molecular formula is C31H40N2O6. The smallest absolute Gasteiger partial charge is 0.313 e. The predicted molar refractivity (Wildman–Crippen MR) is 147 cm³/mol. The molecule has 4 heterocycles. The number of ether oxygens (including phenoxy) is 2. The molecule has 5 rings (SSSR count). The van der Waals surface area contributed by atoms with E-state index in [9.17, 15) is 19.5 Å². The van der Waals surface area contributed by atoms with Gasteiger partial charge in [0.15, 0.2) is 0 Å². The lowest BCUT2D eigenvalue weighted by Crippen LogP contribution is -2.56. The number of nitrogens with zero attached hydrogens (tertiary/aromatic N) is 2. The lowest BCUT2D eigenvalue weighted by atomic mass is 9.74. The fourth-order valence-electron chi connectivity index (χ4n) is 7.04. The number of aliphatic hydroxyl groups excluding tert-OH is 1. The Labute approximate surface area is 230 Å². The summed E-state index contributed by atoms with van der Waals surface area (Å²) < 4.78 is 12.6. The van der Waals surface area contributed by atoms with Crippen LogP contribution >= 0.6 is 0 Å². The second-order valence-corrected chi connectivity index (χ2v) is 11.5. The molecule has 0 aromatic heterocycles. The average molecular weight is 537 g/mol. The van der Waals surface area contributed by atoms with Gasteiger partial charge in [-0.3, -0.25) is 14.4 Å². The number of rotatable bonds is 6. The number of esters is 1. The summed E-state index contributed by atoms with van der Waals surface area (Å²) in [4.78, 5) is 45.9. The van der Waals surface area contributed by atoms with Crippen molar-refractivity contribution >= 4 is 23.5 Å². The van der Waals surface area contributed by atoms with Crippen LogP contribution in [0.4, 0.5) is 5.69 Å². The maximum atomic E-state index is 14.6. The van der Waals surface area contributed by atoms with Gasteiger partial charge in [-0.1, -0.05) is 42.5 Å². The molecule has 8 nitrogen and oxygen atoms in total. The molecule has 1 spiro atoms. The minimum Gasteiger partial charge on any atom is -0.465 e. The monoisotopic (exact) mass is 536 g/mol. The zero-order valence-electron chi connectivity index (χ0n) is 23.2. The maximum absolute atomic E-state index is 14.6. The lowest BCUT2D eigenvalue weighted by Gasteiger charge is -2.38. The molecule has 1 aromatic rings. The van der Waals surface area contributed by atoms with Gasteiger partial charge in [-0.2, -0.15) is 0 Å². The number of hydrogen-bond donors (Lipinski definition) is 1. The Morgan fingerprint density at radius 2 is 1.74 bits per heavy atom. The SMILES string of the molecule is Cc1cccc(C)c1N1CC=C[C@]23O[C@@]4(C)/C=C\CCCCOC(=O)[C@H]4[C@H]2C(=O)N(CCCCCO)C3C1=O. The van der Waals surface area contributed by atoms with Crippen molar-refractivity contribution in [2.24, 2.45) is 11.8 Å². The third-order valence-electron chi connectivity index (χ3n) is 8.77. The number of likely N-dealkylation sites (tertiary alicyclic amines) is 1. The van der Waals surface area contributed by atoms with E-state index in [4.69, 9.17) is 9.47 Å². The van der Waals surface area contributed by atoms with Crippen LogP contribution in [0.25, 0.3) is 0 Å². The molecule has 1 N–H and O–H groups in total. The van der Waals surface area contributed by atoms with E-state index < -0.39 is 35.0 Å². The minimum atomic E-state index is -1.30. The van der Waals surface area contributed by atoms with Crippen LogP contribution in [0.2, 0.25) is 0 Å². The third-order valence-corrected chi connectivity index (χ3v) is 8.77. The van der Waals surface area contributed by atoms with Gasteiger partial charge in [0.2, 0.25) is 5.91 Å². The highest BCUT2D eigenvalue weighted by Crippen LogP contribution is 2.57. The summed E-state index contributed by atoms with van der Waals surface area (Å²) >= 11 is 0. The molecule has 210 valence electrons. The van der Waals surface area contributed by atoms with Crippen LogP contribution < -0.4 is 4.90 Å². The summed E-state index contributed by atoms with van der Waals surface area (Å²) in [7, 11) is 0. The molecule has 5 atom stereocenters. The van der Waals surface area contributed by atoms with Crippen molar-refractivity contribution in [2.45, 2.75) is 76.5 Å². The summed E-state index contributed by atoms with van der Waals surface area (Å²) in [6.07, 6.45) is 12.2. The number of benzene rings is 1. The number of carbonyl (C=O) groups is 3. The van der Waals surface area contributed by atoms with Gasteiger partial charge in [-0.25, -0.2) is 0 Å². The first-order chi connectivity index (χ1) is 18.7. The second kappa shape index (κ2) is 10.9. The summed E-state index contributed by atoms with van der Waals surface area (Å²) in [6.45, 7) is 6.87. The highest BCUT2D eigenvalue weighted by Gasteiger charge is 2.74. The summed E-state index contributed by atoms with van der Waals surface area (Å²) in [6, 6.07) is 5.02. The van der Waals surface area contributed by atoms with E-state index in [1.165, 1.54) is 0 Å². The Bertz CT molecular complexity index is 1170. The molecule has 1 aromatic carbocycles. The number of hydrogen-bond acceptors (Lipinski definition) is 6. The molecule has 2 fully saturated rings. The van der Waals surface area contributed by atoms with Gasteiger partial charge in [-0.05, 0) is 70.4 Å². The van der Waals surface area contributed by atoms with Gasteiger partial charge in [0.1, 0.15) is 17.6 Å².